The van der Waals surface area contributed by atoms with Crippen LogP contribution in [0.3, 0.4) is 0 Å². The summed E-state index contributed by atoms with van der Waals surface area (Å²) >= 11 is 0. The number of carbonyl (C=O) groups excluding carboxylic acids is 2. The Labute approximate surface area is 186 Å². The van der Waals surface area contributed by atoms with E-state index in [1.807, 2.05) is 12.1 Å². The van der Waals surface area contributed by atoms with Crippen LogP contribution in [0.4, 0.5) is 0 Å². The number of hydrogen-bond acceptors (Lipinski definition) is 5. The van der Waals surface area contributed by atoms with Crippen molar-refractivity contribution >= 4 is 22.8 Å². The Morgan fingerprint density at radius 3 is 2.66 bits per heavy atom. The largest absolute Gasteiger partial charge is 0.365 e. The fraction of sp³-hybridized carbons (Fsp3) is 0.458. The molecule has 2 saturated heterocycles. The minimum atomic E-state index is -0.691. The molecule has 0 aliphatic carbocycles. The average Bonchev–Trinajstić information content (AvgIpc) is 3.04. The number of carbonyl (C=O) groups is 2. The van der Waals surface area contributed by atoms with Gasteiger partial charge in [-0.3, -0.25) is 24.0 Å². The highest BCUT2D eigenvalue weighted by Crippen LogP contribution is 2.23. The predicted molar refractivity (Wildman–Crippen MR) is 120 cm³/mol. The summed E-state index contributed by atoms with van der Waals surface area (Å²) in [7, 11) is 1.66. The van der Waals surface area contributed by atoms with E-state index in [0.717, 1.165) is 31.5 Å². The normalized spacial score (nSPS) is 19.1. The van der Waals surface area contributed by atoms with Crippen molar-refractivity contribution in [1.82, 2.24) is 19.8 Å². The lowest BCUT2D eigenvalue weighted by Crippen LogP contribution is -2.44. The number of fused-ring (bicyclic) bond motifs is 1. The van der Waals surface area contributed by atoms with Gasteiger partial charge in [-0.1, -0.05) is 23.7 Å². The van der Waals surface area contributed by atoms with Gasteiger partial charge in [0.05, 0.1) is 23.6 Å². The molecule has 0 bridgehead atoms. The number of aromatic nitrogens is 2. The van der Waals surface area contributed by atoms with Crippen molar-refractivity contribution in [2.75, 3.05) is 19.7 Å². The summed E-state index contributed by atoms with van der Waals surface area (Å²) in [6.45, 7) is 2.42. The third-order valence-corrected chi connectivity index (χ3v) is 5.82. The molecule has 2 N–H and O–H groups in total. The molecule has 2 amide bonds. The van der Waals surface area contributed by atoms with E-state index in [0.29, 0.717) is 36.6 Å². The zero-order chi connectivity index (χ0) is 22.5. The van der Waals surface area contributed by atoms with E-state index in [9.17, 15) is 14.4 Å². The molecule has 1 aromatic heterocycles. The number of nitrogens with zero attached hydrogens (tertiary/aromatic N) is 2. The predicted octanol–water partition coefficient (Wildman–Crippen LogP) is 0.831. The Bertz CT molecular complexity index is 1210. The minimum Gasteiger partial charge on any atom is -0.365 e. The molecule has 2 aliphatic heterocycles. The second kappa shape index (κ2) is 9.86. The highest BCUT2D eigenvalue weighted by molar-refractivity contribution is 6.00. The van der Waals surface area contributed by atoms with Gasteiger partial charge in [0, 0.05) is 19.0 Å². The summed E-state index contributed by atoms with van der Waals surface area (Å²) in [5, 5.41) is 5.62. The highest BCUT2D eigenvalue weighted by atomic mass is 16.5. The van der Waals surface area contributed by atoms with Crippen molar-refractivity contribution in [3.05, 3.63) is 34.2 Å². The summed E-state index contributed by atoms with van der Waals surface area (Å²) in [5.41, 5.74) is 1.81. The van der Waals surface area contributed by atoms with Crippen molar-refractivity contribution in [3.8, 4) is 23.7 Å². The van der Waals surface area contributed by atoms with Gasteiger partial charge in [0.15, 0.2) is 0 Å². The molecule has 2 fully saturated rings. The fourth-order valence-electron chi connectivity index (χ4n) is 4.10. The van der Waals surface area contributed by atoms with Crippen molar-refractivity contribution < 1.29 is 14.3 Å². The third-order valence-electron chi connectivity index (χ3n) is 5.82. The Hall–Kier alpha value is -3.33. The van der Waals surface area contributed by atoms with Gasteiger partial charge in [0.25, 0.3) is 0 Å². The smallest absolute Gasteiger partial charge is 0.329 e. The van der Waals surface area contributed by atoms with Gasteiger partial charge < -0.3 is 10.1 Å². The van der Waals surface area contributed by atoms with Crippen LogP contribution < -0.4 is 16.3 Å². The number of amides is 2. The van der Waals surface area contributed by atoms with Crippen LogP contribution in [0.2, 0.25) is 0 Å². The first kappa shape index (κ1) is 21.9. The second-order valence-electron chi connectivity index (χ2n) is 7.97. The summed E-state index contributed by atoms with van der Waals surface area (Å²) in [6.07, 6.45) is 3.31. The van der Waals surface area contributed by atoms with Gasteiger partial charge in [-0.05, 0) is 50.6 Å². The first-order valence-electron chi connectivity index (χ1n) is 10.9. The van der Waals surface area contributed by atoms with Crippen LogP contribution in [0, 0.1) is 23.7 Å². The molecule has 0 saturated carbocycles. The summed E-state index contributed by atoms with van der Waals surface area (Å²) in [5.74, 6) is 11.4. The third kappa shape index (κ3) is 4.77. The van der Waals surface area contributed by atoms with Gasteiger partial charge in [-0.2, -0.15) is 0 Å². The van der Waals surface area contributed by atoms with Gasteiger partial charge >= 0.3 is 5.69 Å². The Kier molecular flexibility index (Phi) is 6.75. The molecule has 4 rings (SSSR count). The van der Waals surface area contributed by atoms with Crippen LogP contribution >= 0.6 is 0 Å². The van der Waals surface area contributed by atoms with Crippen molar-refractivity contribution in [2.24, 2.45) is 7.05 Å². The van der Waals surface area contributed by atoms with E-state index in [2.05, 4.69) is 34.3 Å². The van der Waals surface area contributed by atoms with Crippen LogP contribution in [0.25, 0.3) is 11.0 Å². The first-order chi connectivity index (χ1) is 15.5. The standard InChI is InChI=1S/C24H26N4O4/c1-27-21-16-17(6-4-2-3-5-15-32-18-11-13-25-14-12-18)7-8-19(21)28(24(27)31)20-9-10-22(29)26-23(20)30/h7-8,16,18,20,25H,2,9-15H2,1H3,(H,26,29,30). The molecular formula is C24H26N4O4. The molecular weight excluding hydrogens is 408 g/mol. The van der Waals surface area contributed by atoms with Gasteiger partial charge in [-0.15, -0.1) is 0 Å². The molecule has 2 aromatic rings. The fourth-order valence-corrected chi connectivity index (χ4v) is 4.10. The maximum absolute atomic E-state index is 12.8. The Balaban J connectivity index is 1.43. The number of nitrogens with one attached hydrogen (secondary N) is 2. The van der Waals surface area contributed by atoms with Crippen LogP contribution in [0.5, 0.6) is 0 Å². The monoisotopic (exact) mass is 434 g/mol. The molecule has 0 radical (unpaired) electrons. The average molecular weight is 434 g/mol. The van der Waals surface area contributed by atoms with Crippen LogP contribution in [-0.4, -0.2) is 46.7 Å². The topological polar surface area (TPSA) is 94.4 Å². The maximum Gasteiger partial charge on any atom is 0.329 e. The molecule has 8 heteroatoms. The van der Waals surface area contributed by atoms with Gasteiger partial charge in [-0.25, -0.2) is 4.79 Å². The first-order valence-corrected chi connectivity index (χ1v) is 10.9. The molecule has 1 atom stereocenters. The highest BCUT2D eigenvalue weighted by Gasteiger charge is 2.31. The van der Waals surface area contributed by atoms with E-state index in [4.69, 9.17) is 4.74 Å². The zero-order valence-electron chi connectivity index (χ0n) is 18.1. The van der Waals surface area contributed by atoms with E-state index < -0.39 is 11.9 Å². The van der Waals surface area contributed by atoms with Crippen molar-refractivity contribution in [1.29, 1.82) is 0 Å². The maximum atomic E-state index is 12.8. The van der Waals surface area contributed by atoms with Crippen molar-refractivity contribution in [3.63, 3.8) is 0 Å². The van der Waals surface area contributed by atoms with Gasteiger partial charge in [0.1, 0.15) is 12.6 Å². The summed E-state index contributed by atoms with van der Waals surface area (Å²) in [6, 6.07) is 4.76. The molecule has 8 nitrogen and oxygen atoms in total. The number of rotatable bonds is 3. The molecule has 1 unspecified atom stereocenters. The summed E-state index contributed by atoms with van der Waals surface area (Å²) in [4.78, 5) is 36.5. The molecule has 0 spiro atoms. The molecule has 3 heterocycles. The number of imidazole rings is 1. The van der Waals surface area contributed by atoms with Crippen LogP contribution in [-0.2, 0) is 21.4 Å². The number of hydrogen-bond donors (Lipinski definition) is 2. The molecule has 1 aromatic carbocycles. The van der Waals surface area contributed by atoms with E-state index in [1.165, 1.54) is 9.13 Å². The molecule has 2 aliphatic rings. The lowest BCUT2D eigenvalue weighted by atomic mass is 10.1. The Morgan fingerprint density at radius 2 is 1.88 bits per heavy atom. The minimum absolute atomic E-state index is 0.215. The van der Waals surface area contributed by atoms with Gasteiger partial charge in [0.2, 0.25) is 11.8 Å². The lowest BCUT2D eigenvalue weighted by molar-refractivity contribution is -0.135. The lowest BCUT2D eigenvalue weighted by Gasteiger charge is -2.21. The molecule has 166 valence electrons. The number of aryl methyl sites for hydroxylation is 1. The molecule has 32 heavy (non-hydrogen) atoms. The number of benzene rings is 1. The van der Waals surface area contributed by atoms with Crippen molar-refractivity contribution in [2.45, 2.75) is 44.2 Å². The summed E-state index contributed by atoms with van der Waals surface area (Å²) < 4.78 is 8.71. The van der Waals surface area contributed by atoms with E-state index in [-0.39, 0.29) is 18.0 Å². The quantitative estimate of drug-likeness (QED) is 0.551. The number of imide groups is 1. The number of ether oxygens (including phenoxy) is 1. The van der Waals surface area contributed by atoms with Crippen LogP contribution in [0.15, 0.2) is 23.0 Å². The second-order valence-corrected chi connectivity index (χ2v) is 7.97. The van der Waals surface area contributed by atoms with E-state index in [1.54, 1.807) is 13.1 Å². The number of piperidine rings is 2. The van der Waals surface area contributed by atoms with Crippen LogP contribution in [0.1, 0.15) is 43.7 Å². The van der Waals surface area contributed by atoms with E-state index >= 15 is 0 Å². The SMILES string of the molecule is Cn1c(=O)n(C2CCC(=O)NC2=O)c2ccc(C#CCC#CCOC3CCNCC3)cc21. The zero-order valence-corrected chi connectivity index (χ0v) is 18.1. The Morgan fingerprint density at radius 1 is 1.06 bits per heavy atom.